The van der Waals surface area contributed by atoms with E-state index in [1.165, 1.54) is 0 Å². The van der Waals surface area contributed by atoms with Crippen LogP contribution >= 0.6 is 0 Å². The van der Waals surface area contributed by atoms with Gasteiger partial charge in [-0.05, 0) is 40.4 Å². The van der Waals surface area contributed by atoms with Crippen LogP contribution in [0.25, 0.3) is 0 Å². The molecule has 0 heterocycles. The SMILES string of the molecule is CC(CCN(C)C)NC(=O)NC(CCS(C)(=O)=O)C(=O)O. The highest BCUT2D eigenvalue weighted by molar-refractivity contribution is 7.90. The average Bonchev–Trinajstić information content (AvgIpc) is 2.30. The van der Waals surface area contributed by atoms with E-state index in [-0.39, 0.29) is 18.2 Å². The number of amides is 2. The van der Waals surface area contributed by atoms with Crippen molar-refractivity contribution in [3.63, 3.8) is 0 Å². The van der Waals surface area contributed by atoms with Crippen LogP contribution in [0.4, 0.5) is 4.79 Å². The van der Waals surface area contributed by atoms with Gasteiger partial charge in [0, 0.05) is 12.3 Å². The lowest BCUT2D eigenvalue weighted by Gasteiger charge is -2.19. The number of hydrogen-bond donors (Lipinski definition) is 3. The van der Waals surface area contributed by atoms with Gasteiger partial charge in [-0.3, -0.25) is 0 Å². The number of nitrogens with zero attached hydrogens (tertiary/aromatic N) is 1. The number of sulfone groups is 1. The van der Waals surface area contributed by atoms with Crippen molar-refractivity contribution in [1.82, 2.24) is 15.5 Å². The van der Waals surface area contributed by atoms with Gasteiger partial charge < -0.3 is 20.6 Å². The molecule has 3 N–H and O–H groups in total. The Bertz CT molecular complexity index is 450. The molecule has 0 rings (SSSR count). The summed E-state index contributed by atoms with van der Waals surface area (Å²) in [6.07, 6.45) is 1.59. The van der Waals surface area contributed by atoms with Crippen molar-refractivity contribution in [2.45, 2.75) is 31.8 Å². The van der Waals surface area contributed by atoms with Gasteiger partial charge in [0.05, 0.1) is 5.75 Å². The number of rotatable bonds is 9. The highest BCUT2D eigenvalue weighted by Crippen LogP contribution is 1.98. The minimum absolute atomic E-state index is 0.114. The first kappa shape index (κ1) is 19.7. The molecule has 0 fully saturated rings. The zero-order chi connectivity index (χ0) is 16.6. The number of carboxylic acid groups (broad SMARTS) is 1. The molecular weight excluding hydrogens is 298 g/mol. The monoisotopic (exact) mass is 323 g/mol. The Morgan fingerprint density at radius 1 is 1.19 bits per heavy atom. The standard InChI is InChI=1S/C12H25N3O5S/c1-9(5-7-15(2)3)13-12(18)14-10(11(16)17)6-8-21(4,19)20/h9-10H,5-8H2,1-4H3,(H,16,17)(H2,13,14,18). The maximum Gasteiger partial charge on any atom is 0.326 e. The third kappa shape index (κ3) is 11.0. The zero-order valence-corrected chi connectivity index (χ0v) is 13.7. The van der Waals surface area contributed by atoms with E-state index in [2.05, 4.69) is 10.6 Å². The highest BCUT2D eigenvalue weighted by atomic mass is 32.2. The summed E-state index contributed by atoms with van der Waals surface area (Å²) >= 11 is 0. The Kier molecular flexibility index (Phi) is 8.26. The lowest BCUT2D eigenvalue weighted by molar-refractivity contribution is -0.139. The van der Waals surface area contributed by atoms with E-state index in [1.54, 1.807) is 0 Å². The molecular formula is C12H25N3O5S. The van der Waals surface area contributed by atoms with E-state index in [0.717, 1.165) is 19.2 Å². The quantitative estimate of drug-likeness (QED) is 0.527. The summed E-state index contributed by atoms with van der Waals surface area (Å²) in [4.78, 5) is 24.7. The predicted octanol–water partition coefficient (Wildman–Crippen LogP) is -0.486. The van der Waals surface area contributed by atoms with Gasteiger partial charge in [0.15, 0.2) is 0 Å². The van der Waals surface area contributed by atoms with Crippen LogP contribution in [0, 0.1) is 0 Å². The van der Waals surface area contributed by atoms with Crippen molar-refractivity contribution in [2.75, 3.05) is 32.6 Å². The van der Waals surface area contributed by atoms with Crippen LogP contribution in [0.5, 0.6) is 0 Å². The van der Waals surface area contributed by atoms with E-state index in [4.69, 9.17) is 5.11 Å². The van der Waals surface area contributed by atoms with Crippen molar-refractivity contribution in [1.29, 1.82) is 0 Å². The van der Waals surface area contributed by atoms with Crippen molar-refractivity contribution in [3.8, 4) is 0 Å². The van der Waals surface area contributed by atoms with E-state index in [9.17, 15) is 18.0 Å². The number of carbonyl (C=O) groups excluding carboxylic acids is 1. The van der Waals surface area contributed by atoms with Gasteiger partial charge in [-0.2, -0.15) is 0 Å². The lowest BCUT2D eigenvalue weighted by atomic mass is 10.2. The summed E-state index contributed by atoms with van der Waals surface area (Å²) < 4.78 is 22.1. The molecule has 2 amide bonds. The molecule has 0 spiro atoms. The summed E-state index contributed by atoms with van der Waals surface area (Å²) in [5.41, 5.74) is 0. The van der Waals surface area contributed by atoms with Gasteiger partial charge in [-0.15, -0.1) is 0 Å². The second-order valence-corrected chi connectivity index (χ2v) is 7.68. The molecule has 0 radical (unpaired) electrons. The third-order valence-electron chi connectivity index (χ3n) is 2.77. The van der Waals surface area contributed by atoms with Crippen LogP contribution in [0.2, 0.25) is 0 Å². The Hall–Kier alpha value is -1.35. The van der Waals surface area contributed by atoms with Crippen LogP contribution in [-0.4, -0.2) is 75.2 Å². The molecule has 9 heteroatoms. The minimum atomic E-state index is -3.27. The van der Waals surface area contributed by atoms with E-state index in [0.29, 0.717) is 0 Å². The second kappa shape index (κ2) is 8.83. The fourth-order valence-electron chi connectivity index (χ4n) is 1.54. The number of nitrogens with one attached hydrogen (secondary N) is 2. The molecule has 2 unspecified atom stereocenters. The van der Waals surface area contributed by atoms with Gasteiger partial charge in [0.25, 0.3) is 0 Å². The van der Waals surface area contributed by atoms with Crippen molar-refractivity contribution in [2.24, 2.45) is 0 Å². The number of carboxylic acids is 1. The predicted molar refractivity (Wildman–Crippen MR) is 80.1 cm³/mol. The van der Waals surface area contributed by atoms with Gasteiger partial charge in [-0.25, -0.2) is 18.0 Å². The van der Waals surface area contributed by atoms with E-state index < -0.39 is 27.9 Å². The first-order valence-electron chi connectivity index (χ1n) is 6.63. The molecule has 0 aliphatic carbocycles. The molecule has 0 aromatic heterocycles. The molecule has 0 bridgehead atoms. The Balaban J connectivity index is 4.32. The summed E-state index contributed by atoms with van der Waals surface area (Å²) in [7, 11) is 0.560. The van der Waals surface area contributed by atoms with E-state index in [1.807, 2.05) is 25.9 Å². The first-order valence-corrected chi connectivity index (χ1v) is 8.69. The Morgan fingerprint density at radius 2 is 1.76 bits per heavy atom. The third-order valence-corrected chi connectivity index (χ3v) is 3.74. The van der Waals surface area contributed by atoms with Crippen LogP contribution in [-0.2, 0) is 14.6 Å². The number of hydrogen-bond acceptors (Lipinski definition) is 5. The summed E-state index contributed by atoms with van der Waals surface area (Å²) in [6.45, 7) is 2.60. The molecule has 2 atom stereocenters. The smallest absolute Gasteiger partial charge is 0.326 e. The normalized spacial score (nSPS) is 14.5. The molecule has 8 nitrogen and oxygen atoms in total. The molecule has 0 saturated heterocycles. The van der Waals surface area contributed by atoms with Crippen molar-refractivity contribution >= 4 is 21.8 Å². The number of aliphatic carboxylic acids is 1. The summed E-state index contributed by atoms with van der Waals surface area (Å²) in [5.74, 6) is -1.55. The van der Waals surface area contributed by atoms with Crippen molar-refractivity contribution in [3.05, 3.63) is 0 Å². The first-order chi connectivity index (χ1) is 9.51. The maximum atomic E-state index is 11.7. The lowest BCUT2D eigenvalue weighted by Crippen LogP contribution is -2.49. The fourth-order valence-corrected chi connectivity index (χ4v) is 2.20. The van der Waals surface area contributed by atoms with Gasteiger partial charge in [-0.1, -0.05) is 0 Å². The largest absolute Gasteiger partial charge is 0.480 e. The van der Waals surface area contributed by atoms with Crippen molar-refractivity contribution < 1.29 is 23.1 Å². The maximum absolute atomic E-state index is 11.7. The highest BCUT2D eigenvalue weighted by Gasteiger charge is 2.22. The average molecular weight is 323 g/mol. The number of carbonyl (C=O) groups is 2. The van der Waals surface area contributed by atoms with Crippen LogP contribution in [0.1, 0.15) is 19.8 Å². The van der Waals surface area contributed by atoms with Crippen LogP contribution < -0.4 is 10.6 Å². The summed E-state index contributed by atoms with van der Waals surface area (Å²) in [5, 5.41) is 13.9. The van der Waals surface area contributed by atoms with Crippen LogP contribution in [0.3, 0.4) is 0 Å². The molecule has 0 aliphatic rings. The van der Waals surface area contributed by atoms with Gasteiger partial charge >= 0.3 is 12.0 Å². The Labute approximate surface area is 125 Å². The van der Waals surface area contributed by atoms with Gasteiger partial charge in [0.1, 0.15) is 15.9 Å². The van der Waals surface area contributed by atoms with Crippen LogP contribution in [0.15, 0.2) is 0 Å². The summed E-state index contributed by atoms with van der Waals surface area (Å²) in [6, 6.07) is -1.94. The molecule has 21 heavy (non-hydrogen) atoms. The fraction of sp³-hybridized carbons (Fsp3) is 0.833. The van der Waals surface area contributed by atoms with Gasteiger partial charge in [0.2, 0.25) is 0 Å². The Morgan fingerprint density at radius 3 is 2.19 bits per heavy atom. The number of urea groups is 1. The molecule has 0 aromatic carbocycles. The zero-order valence-electron chi connectivity index (χ0n) is 12.9. The topological polar surface area (TPSA) is 116 Å². The van der Waals surface area contributed by atoms with E-state index >= 15 is 0 Å². The second-order valence-electron chi connectivity index (χ2n) is 5.42. The molecule has 0 aromatic rings. The molecule has 0 saturated carbocycles. The molecule has 124 valence electrons. The minimum Gasteiger partial charge on any atom is -0.480 e. The molecule has 0 aliphatic heterocycles.